The number of rotatable bonds is 5. The number of amides is 1. The lowest BCUT2D eigenvalue weighted by Crippen LogP contribution is -2.35. The number of H-pyrrole nitrogens is 1. The molecule has 1 heterocycles. The highest BCUT2D eigenvalue weighted by molar-refractivity contribution is 6.31. The number of nitrogens with one attached hydrogen (secondary N) is 3. The van der Waals surface area contributed by atoms with Crippen molar-refractivity contribution in [1.82, 2.24) is 15.8 Å². The predicted octanol–water partition coefficient (Wildman–Crippen LogP) is 2.51. The van der Waals surface area contributed by atoms with Gasteiger partial charge in [-0.2, -0.15) is 5.48 Å². The van der Waals surface area contributed by atoms with Crippen molar-refractivity contribution in [1.29, 1.82) is 0 Å². The predicted molar refractivity (Wildman–Crippen MR) is 88.4 cm³/mol. The number of carbonyl (C=O) groups excluding carboxylic acids is 1. The Labute approximate surface area is 133 Å². The Balaban J connectivity index is 1.99. The number of aliphatic imine (C=N–C) groups is 1. The number of halogens is 1. The van der Waals surface area contributed by atoms with Gasteiger partial charge in [0.2, 0.25) is 5.90 Å². The molecule has 1 unspecified atom stereocenters. The highest BCUT2D eigenvalue weighted by Crippen LogP contribution is 2.20. The average Bonchev–Trinajstić information content (AvgIpc) is 2.88. The van der Waals surface area contributed by atoms with E-state index in [4.69, 9.17) is 16.4 Å². The monoisotopic (exact) mass is 322 g/mol. The van der Waals surface area contributed by atoms with E-state index in [1.165, 1.54) is 0 Å². The first kappa shape index (κ1) is 16.3. The van der Waals surface area contributed by atoms with Crippen LogP contribution in [0.3, 0.4) is 0 Å². The zero-order valence-corrected chi connectivity index (χ0v) is 13.5. The molecule has 0 spiro atoms. The number of fused-ring (bicyclic) bond motifs is 1. The Kier molecular flexibility index (Phi) is 5.41. The molecule has 0 saturated carbocycles. The van der Waals surface area contributed by atoms with E-state index >= 15 is 0 Å². The molecule has 6 nitrogen and oxygen atoms in total. The molecular weight excluding hydrogens is 304 g/mol. The molecule has 1 aromatic heterocycles. The zero-order chi connectivity index (χ0) is 16.1. The van der Waals surface area contributed by atoms with Gasteiger partial charge in [0.05, 0.1) is 6.54 Å². The molecule has 2 rings (SSSR count). The van der Waals surface area contributed by atoms with E-state index < -0.39 is 0 Å². The molecule has 1 aromatic carbocycles. The SMILES string of the molecule is CNOC(C)=NCC(C)NC(=O)c1cc2cc(Cl)ccc2[nH]1. The van der Waals surface area contributed by atoms with Crippen molar-refractivity contribution in [2.45, 2.75) is 19.9 Å². The molecule has 0 bridgehead atoms. The molecule has 118 valence electrons. The van der Waals surface area contributed by atoms with Crippen molar-refractivity contribution in [3.05, 3.63) is 35.0 Å². The maximum absolute atomic E-state index is 12.2. The number of aromatic nitrogens is 1. The molecule has 22 heavy (non-hydrogen) atoms. The van der Waals surface area contributed by atoms with Gasteiger partial charge in [-0.3, -0.25) is 9.79 Å². The highest BCUT2D eigenvalue weighted by Gasteiger charge is 2.12. The molecule has 7 heteroatoms. The number of benzene rings is 1. The van der Waals surface area contributed by atoms with E-state index in [2.05, 4.69) is 20.8 Å². The molecule has 1 amide bonds. The van der Waals surface area contributed by atoms with Crippen LogP contribution in [0.25, 0.3) is 10.9 Å². The summed E-state index contributed by atoms with van der Waals surface area (Å²) in [6.07, 6.45) is 0. The van der Waals surface area contributed by atoms with Gasteiger partial charge < -0.3 is 15.1 Å². The van der Waals surface area contributed by atoms with Crippen LogP contribution in [-0.4, -0.2) is 36.4 Å². The summed E-state index contributed by atoms with van der Waals surface area (Å²) in [7, 11) is 1.66. The summed E-state index contributed by atoms with van der Waals surface area (Å²) in [5, 5.41) is 4.43. The molecule has 2 aromatic rings. The summed E-state index contributed by atoms with van der Waals surface area (Å²) >= 11 is 5.94. The van der Waals surface area contributed by atoms with Gasteiger partial charge in [0.1, 0.15) is 5.69 Å². The van der Waals surface area contributed by atoms with Gasteiger partial charge in [0.25, 0.3) is 5.91 Å². The summed E-state index contributed by atoms with van der Waals surface area (Å²) in [6.45, 7) is 4.06. The van der Waals surface area contributed by atoms with Crippen LogP contribution in [-0.2, 0) is 4.84 Å². The fourth-order valence-electron chi connectivity index (χ4n) is 2.02. The lowest BCUT2D eigenvalue weighted by Gasteiger charge is -2.11. The van der Waals surface area contributed by atoms with Crippen molar-refractivity contribution in [3.63, 3.8) is 0 Å². The fourth-order valence-corrected chi connectivity index (χ4v) is 2.20. The topological polar surface area (TPSA) is 78.5 Å². The Bertz CT molecular complexity index is 696. The standard InChI is InChI=1S/C15H19ClN4O2/c1-9(8-18-10(2)22-17-3)19-15(21)14-7-11-6-12(16)4-5-13(11)20-14/h4-7,9,17,20H,8H2,1-3H3,(H,19,21). The molecule has 0 aliphatic heterocycles. The van der Waals surface area contributed by atoms with Crippen molar-refractivity contribution >= 4 is 34.3 Å². The van der Waals surface area contributed by atoms with E-state index in [0.29, 0.717) is 23.2 Å². The quantitative estimate of drug-likeness (QED) is 0.449. The van der Waals surface area contributed by atoms with Gasteiger partial charge in [-0.15, -0.1) is 0 Å². The van der Waals surface area contributed by atoms with Crippen LogP contribution in [0.15, 0.2) is 29.3 Å². The minimum Gasteiger partial charge on any atom is -0.394 e. The molecular formula is C15H19ClN4O2. The van der Waals surface area contributed by atoms with Crippen LogP contribution in [0.2, 0.25) is 5.02 Å². The second-order valence-corrected chi connectivity index (χ2v) is 5.39. The molecule has 0 radical (unpaired) electrons. The molecule has 3 N–H and O–H groups in total. The molecule has 0 saturated heterocycles. The number of carbonyl (C=O) groups is 1. The van der Waals surface area contributed by atoms with Crippen LogP contribution in [0.4, 0.5) is 0 Å². The normalized spacial score (nSPS) is 13.2. The van der Waals surface area contributed by atoms with Crippen LogP contribution >= 0.6 is 11.6 Å². The number of hydrogen-bond acceptors (Lipinski definition) is 4. The Hall–Kier alpha value is -2.05. The third-order valence-electron chi connectivity index (χ3n) is 3.04. The first-order valence-corrected chi connectivity index (χ1v) is 7.31. The second-order valence-electron chi connectivity index (χ2n) is 4.95. The van der Waals surface area contributed by atoms with Gasteiger partial charge in [-0.05, 0) is 31.2 Å². The van der Waals surface area contributed by atoms with E-state index in [0.717, 1.165) is 10.9 Å². The lowest BCUT2D eigenvalue weighted by atomic mass is 10.2. The maximum Gasteiger partial charge on any atom is 0.267 e. The molecule has 0 aliphatic carbocycles. The Morgan fingerprint density at radius 1 is 1.45 bits per heavy atom. The number of hydroxylamine groups is 1. The van der Waals surface area contributed by atoms with Gasteiger partial charge in [0, 0.05) is 35.9 Å². The van der Waals surface area contributed by atoms with E-state index in [-0.39, 0.29) is 11.9 Å². The van der Waals surface area contributed by atoms with Crippen molar-refractivity contribution in [2.75, 3.05) is 13.6 Å². The summed E-state index contributed by atoms with van der Waals surface area (Å²) in [5.74, 6) is 0.339. The first-order valence-electron chi connectivity index (χ1n) is 6.93. The van der Waals surface area contributed by atoms with Gasteiger partial charge >= 0.3 is 0 Å². The Morgan fingerprint density at radius 3 is 2.95 bits per heavy atom. The summed E-state index contributed by atoms with van der Waals surface area (Å²) < 4.78 is 0. The largest absolute Gasteiger partial charge is 0.394 e. The van der Waals surface area contributed by atoms with Crippen molar-refractivity contribution < 1.29 is 9.63 Å². The van der Waals surface area contributed by atoms with Gasteiger partial charge in [0.15, 0.2) is 0 Å². The van der Waals surface area contributed by atoms with Gasteiger partial charge in [-0.25, -0.2) is 0 Å². The molecule has 0 fully saturated rings. The minimum atomic E-state index is -0.179. The number of aromatic amines is 1. The van der Waals surface area contributed by atoms with Crippen LogP contribution < -0.4 is 10.8 Å². The van der Waals surface area contributed by atoms with Crippen LogP contribution in [0.5, 0.6) is 0 Å². The van der Waals surface area contributed by atoms with Crippen LogP contribution in [0, 0.1) is 0 Å². The van der Waals surface area contributed by atoms with Crippen LogP contribution in [0.1, 0.15) is 24.3 Å². The average molecular weight is 323 g/mol. The number of hydrogen-bond donors (Lipinski definition) is 3. The lowest BCUT2D eigenvalue weighted by molar-refractivity contribution is 0.0937. The van der Waals surface area contributed by atoms with E-state index in [1.54, 1.807) is 26.1 Å². The summed E-state index contributed by atoms with van der Waals surface area (Å²) in [6, 6.07) is 7.11. The van der Waals surface area contributed by atoms with Crippen molar-refractivity contribution in [3.8, 4) is 0 Å². The van der Waals surface area contributed by atoms with Gasteiger partial charge in [-0.1, -0.05) is 11.6 Å². The van der Waals surface area contributed by atoms with E-state index in [9.17, 15) is 4.79 Å². The van der Waals surface area contributed by atoms with Crippen molar-refractivity contribution in [2.24, 2.45) is 4.99 Å². The highest BCUT2D eigenvalue weighted by atomic mass is 35.5. The summed E-state index contributed by atoms with van der Waals surface area (Å²) in [4.78, 5) is 24.5. The summed E-state index contributed by atoms with van der Waals surface area (Å²) in [5.41, 5.74) is 3.91. The van der Waals surface area contributed by atoms with E-state index in [1.807, 2.05) is 19.1 Å². The maximum atomic E-state index is 12.2. The molecule has 0 aliphatic rings. The Morgan fingerprint density at radius 2 is 2.23 bits per heavy atom. The number of nitrogens with zero attached hydrogens (tertiary/aromatic N) is 1. The third-order valence-corrected chi connectivity index (χ3v) is 3.28. The minimum absolute atomic E-state index is 0.113. The molecule has 1 atom stereocenters. The second kappa shape index (κ2) is 7.29. The third kappa shape index (κ3) is 4.22. The fraction of sp³-hybridized carbons (Fsp3) is 0.333. The smallest absolute Gasteiger partial charge is 0.267 e. The zero-order valence-electron chi connectivity index (χ0n) is 12.7. The first-order chi connectivity index (χ1) is 10.5.